The lowest BCUT2D eigenvalue weighted by Crippen LogP contribution is -2.23. The Morgan fingerprint density at radius 3 is 2.92 bits per heavy atom. The smallest absolute Gasteiger partial charge is 0.250 e. The Labute approximate surface area is 144 Å². The summed E-state index contributed by atoms with van der Waals surface area (Å²) in [6.45, 7) is 0.224. The Morgan fingerprint density at radius 2 is 2.08 bits per heavy atom. The third-order valence-electron chi connectivity index (χ3n) is 3.12. The van der Waals surface area contributed by atoms with E-state index in [2.05, 4.69) is 21.5 Å². The third-order valence-corrected chi connectivity index (χ3v) is 5.92. The van der Waals surface area contributed by atoms with Crippen molar-refractivity contribution in [2.24, 2.45) is 0 Å². The zero-order valence-electron chi connectivity index (χ0n) is 12.6. The van der Waals surface area contributed by atoms with E-state index in [0.717, 1.165) is 10.9 Å². The van der Waals surface area contributed by atoms with Gasteiger partial charge in [-0.2, -0.15) is 4.72 Å². The van der Waals surface area contributed by atoms with Crippen LogP contribution in [-0.4, -0.2) is 26.6 Å². The number of nitrogens with zero attached hydrogens (tertiary/aromatic N) is 1. The van der Waals surface area contributed by atoms with Gasteiger partial charge in [0.25, 0.3) is 10.0 Å². The maximum absolute atomic E-state index is 11.9. The van der Waals surface area contributed by atoms with E-state index in [9.17, 15) is 8.42 Å². The molecular weight excluding hydrogens is 344 g/mol. The van der Waals surface area contributed by atoms with Crippen molar-refractivity contribution in [2.75, 3.05) is 13.2 Å². The van der Waals surface area contributed by atoms with Crippen LogP contribution in [0.3, 0.4) is 0 Å². The molecule has 2 aromatic heterocycles. The maximum atomic E-state index is 11.9. The first-order chi connectivity index (χ1) is 11.6. The van der Waals surface area contributed by atoms with Crippen LogP contribution < -0.4 is 9.46 Å². The fraction of sp³-hybridized carbons (Fsp3) is 0.118. The molecule has 2 heterocycles. The molecule has 0 saturated carbocycles. The Kier molecular flexibility index (Phi) is 5.11. The summed E-state index contributed by atoms with van der Waals surface area (Å²) < 4.78 is 32.0. The molecule has 122 valence electrons. The number of rotatable bonds is 5. The molecule has 3 rings (SSSR count). The van der Waals surface area contributed by atoms with Gasteiger partial charge in [-0.1, -0.05) is 24.0 Å². The number of thiophene rings is 1. The molecule has 0 aliphatic carbocycles. The van der Waals surface area contributed by atoms with E-state index >= 15 is 0 Å². The third kappa shape index (κ3) is 4.11. The van der Waals surface area contributed by atoms with Gasteiger partial charge in [0.1, 0.15) is 16.6 Å². The number of pyridine rings is 1. The van der Waals surface area contributed by atoms with Gasteiger partial charge in [0.15, 0.2) is 0 Å². The van der Waals surface area contributed by atoms with Gasteiger partial charge in [-0.3, -0.25) is 4.98 Å². The topological polar surface area (TPSA) is 68.3 Å². The average molecular weight is 358 g/mol. The second kappa shape index (κ2) is 7.45. The van der Waals surface area contributed by atoms with Crippen molar-refractivity contribution in [1.82, 2.24) is 9.71 Å². The molecule has 24 heavy (non-hydrogen) atoms. The molecule has 1 aromatic carbocycles. The van der Waals surface area contributed by atoms with Gasteiger partial charge in [0, 0.05) is 17.6 Å². The van der Waals surface area contributed by atoms with Crippen LogP contribution >= 0.6 is 11.3 Å². The van der Waals surface area contributed by atoms with Gasteiger partial charge in [0.2, 0.25) is 0 Å². The van der Waals surface area contributed by atoms with Crippen LogP contribution in [0, 0.1) is 11.8 Å². The van der Waals surface area contributed by atoms with Crippen molar-refractivity contribution >= 4 is 32.3 Å². The number of hydrogen-bond acceptors (Lipinski definition) is 5. The van der Waals surface area contributed by atoms with E-state index < -0.39 is 10.0 Å². The first kappa shape index (κ1) is 16.5. The second-order valence-corrected chi connectivity index (χ2v) is 7.70. The molecule has 0 aliphatic rings. The van der Waals surface area contributed by atoms with Gasteiger partial charge in [-0.25, -0.2) is 8.42 Å². The van der Waals surface area contributed by atoms with Crippen molar-refractivity contribution < 1.29 is 13.2 Å². The van der Waals surface area contributed by atoms with Crippen LogP contribution in [0.1, 0.15) is 0 Å². The molecule has 0 spiro atoms. The second-order valence-electron chi connectivity index (χ2n) is 4.76. The molecule has 0 amide bonds. The molecular formula is C17H14N2O3S2. The predicted octanol–water partition coefficient (Wildman–Crippen LogP) is 2.66. The Morgan fingerprint density at radius 1 is 1.17 bits per heavy atom. The lowest BCUT2D eigenvalue weighted by Gasteiger charge is -2.03. The van der Waals surface area contributed by atoms with Crippen molar-refractivity contribution in [3.63, 3.8) is 0 Å². The van der Waals surface area contributed by atoms with Crippen molar-refractivity contribution in [1.29, 1.82) is 0 Å². The highest BCUT2D eigenvalue weighted by Gasteiger charge is 2.12. The van der Waals surface area contributed by atoms with Gasteiger partial charge in [0.05, 0.1) is 12.1 Å². The van der Waals surface area contributed by atoms with Gasteiger partial charge >= 0.3 is 0 Å². The van der Waals surface area contributed by atoms with Gasteiger partial charge in [-0.15, -0.1) is 11.3 Å². The SMILES string of the molecule is O=S(=O)(NCC#CCOc1ccc2cccnc2c1)c1cccs1. The van der Waals surface area contributed by atoms with Crippen LogP contribution in [0.15, 0.2) is 58.3 Å². The highest BCUT2D eigenvalue weighted by Crippen LogP contribution is 2.18. The molecule has 0 fully saturated rings. The van der Waals surface area contributed by atoms with Crippen LogP contribution in [-0.2, 0) is 10.0 Å². The first-order valence-corrected chi connectivity index (χ1v) is 9.48. The van der Waals surface area contributed by atoms with Crippen molar-refractivity contribution in [3.8, 4) is 17.6 Å². The Balaban J connectivity index is 1.51. The molecule has 0 atom stereocenters. The predicted molar refractivity (Wildman–Crippen MR) is 94.5 cm³/mol. The molecule has 0 aliphatic heterocycles. The number of nitrogens with one attached hydrogen (secondary N) is 1. The van der Waals surface area contributed by atoms with E-state index in [4.69, 9.17) is 4.74 Å². The van der Waals surface area contributed by atoms with Crippen LogP contribution in [0.5, 0.6) is 5.75 Å². The minimum Gasteiger partial charge on any atom is -0.481 e. The number of fused-ring (bicyclic) bond motifs is 1. The minimum absolute atomic E-state index is 0.0445. The van der Waals surface area contributed by atoms with E-state index in [1.54, 1.807) is 23.7 Å². The summed E-state index contributed by atoms with van der Waals surface area (Å²) in [5.74, 6) is 6.19. The summed E-state index contributed by atoms with van der Waals surface area (Å²) in [6.07, 6.45) is 1.73. The monoisotopic (exact) mass is 358 g/mol. The summed E-state index contributed by atoms with van der Waals surface area (Å²) in [4.78, 5) is 4.26. The summed E-state index contributed by atoms with van der Waals surface area (Å²) in [6, 6.07) is 12.7. The number of aromatic nitrogens is 1. The molecule has 0 radical (unpaired) electrons. The zero-order valence-corrected chi connectivity index (χ0v) is 14.2. The van der Waals surface area contributed by atoms with Crippen LogP contribution in [0.2, 0.25) is 0 Å². The number of ether oxygens (including phenoxy) is 1. The zero-order chi connectivity index (χ0) is 16.8. The average Bonchev–Trinajstić information content (AvgIpc) is 3.13. The van der Waals surface area contributed by atoms with E-state index in [1.807, 2.05) is 30.3 Å². The summed E-state index contributed by atoms with van der Waals surface area (Å²) >= 11 is 1.17. The standard InChI is InChI=1S/C17H14N2O3S2/c20-24(21,17-6-4-12-23-17)19-10-1-2-11-22-15-8-7-14-5-3-9-18-16(14)13-15/h3-9,12-13,19H,10-11H2. The molecule has 1 N–H and O–H groups in total. The highest BCUT2D eigenvalue weighted by molar-refractivity contribution is 7.91. The number of benzene rings is 1. The van der Waals surface area contributed by atoms with Crippen LogP contribution in [0.25, 0.3) is 10.9 Å². The maximum Gasteiger partial charge on any atom is 0.250 e. The quantitative estimate of drug-likeness (QED) is 0.712. The molecule has 0 unspecified atom stereocenters. The van der Waals surface area contributed by atoms with Crippen molar-refractivity contribution in [3.05, 3.63) is 54.0 Å². The summed E-state index contributed by atoms with van der Waals surface area (Å²) in [5, 5.41) is 2.76. The highest BCUT2D eigenvalue weighted by atomic mass is 32.2. The Hall–Kier alpha value is -2.40. The minimum atomic E-state index is -3.46. The molecule has 7 heteroatoms. The summed E-state index contributed by atoms with van der Waals surface area (Å²) in [7, 11) is -3.46. The molecule has 5 nitrogen and oxygen atoms in total. The van der Waals surface area contributed by atoms with E-state index in [1.165, 1.54) is 11.3 Å². The summed E-state index contributed by atoms with van der Waals surface area (Å²) in [5.41, 5.74) is 0.853. The molecule has 0 saturated heterocycles. The van der Waals surface area contributed by atoms with E-state index in [-0.39, 0.29) is 17.4 Å². The largest absolute Gasteiger partial charge is 0.481 e. The van der Waals surface area contributed by atoms with Gasteiger partial charge < -0.3 is 4.74 Å². The normalized spacial score (nSPS) is 11.0. The lowest BCUT2D eigenvalue weighted by atomic mass is 10.2. The fourth-order valence-corrected chi connectivity index (χ4v) is 3.95. The lowest BCUT2D eigenvalue weighted by molar-refractivity contribution is 0.370. The van der Waals surface area contributed by atoms with Crippen molar-refractivity contribution in [2.45, 2.75) is 4.21 Å². The first-order valence-electron chi connectivity index (χ1n) is 7.12. The van der Waals surface area contributed by atoms with Crippen LogP contribution in [0.4, 0.5) is 0 Å². The van der Waals surface area contributed by atoms with E-state index in [0.29, 0.717) is 5.75 Å². The Bertz CT molecular complexity index is 987. The number of sulfonamides is 1. The molecule has 3 aromatic rings. The number of hydrogen-bond donors (Lipinski definition) is 1. The fourth-order valence-electron chi connectivity index (χ4n) is 1.99. The molecule has 0 bridgehead atoms. The van der Waals surface area contributed by atoms with Gasteiger partial charge in [-0.05, 0) is 29.6 Å².